The number of hydrogen-bond donors (Lipinski definition) is 1. The topological polar surface area (TPSA) is 93.8 Å². The Morgan fingerprint density at radius 3 is 2.79 bits per heavy atom. The number of anilines is 1. The molecule has 0 aliphatic heterocycles. The van der Waals surface area contributed by atoms with Crippen LogP contribution in [0, 0.1) is 18.7 Å². The molecule has 3 aliphatic rings. The number of carbonyl (C=O) groups excluding carboxylic acids is 1. The maximum atomic E-state index is 15.3. The zero-order valence-electron chi connectivity index (χ0n) is 18.6. The van der Waals surface area contributed by atoms with Crippen molar-refractivity contribution in [2.75, 3.05) is 5.73 Å². The maximum Gasteiger partial charge on any atom is 0.257 e. The van der Waals surface area contributed by atoms with E-state index in [2.05, 4.69) is 15.0 Å². The van der Waals surface area contributed by atoms with Crippen molar-refractivity contribution in [2.24, 2.45) is 5.92 Å². The average molecular weight is 455 g/mol. The molecule has 0 atom stereocenters. The van der Waals surface area contributed by atoms with Crippen LogP contribution in [0.15, 0.2) is 48.9 Å². The van der Waals surface area contributed by atoms with Crippen molar-refractivity contribution < 1.29 is 9.18 Å². The number of hydrogen-bond acceptors (Lipinski definition) is 5. The molecule has 9 heteroatoms. The van der Waals surface area contributed by atoms with Gasteiger partial charge in [0.1, 0.15) is 28.6 Å². The third-order valence-electron chi connectivity index (χ3n) is 7.53. The first-order chi connectivity index (χ1) is 16.4. The number of nitrogen functional groups attached to an aromatic ring is 1. The van der Waals surface area contributed by atoms with E-state index in [1.807, 2.05) is 51.2 Å². The minimum atomic E-state index is -0.604. The lowest BCUT2D eigenvalue weighted by Gasteiger charge is -2.66. The number of halogens is 1. The van der Waals surface area contributed by atoms with Gasteiger partial charge in [0.15, 0.2) is 0 Å². The van der Waals surface area contributed by atoms with Gasteiger partial charge in [-0.3, -0.25) is 9.20 Å². The molecule has 3 saturated carbocycles. The normalized spacial score (nSPS) is 21.1. The minimum absolute atomic E-state index is 0.0296. The van der Waals surface area contributed by atoms with E-state index in [1.54, 1.807) is 12.3 Å². The summed E-state index contributed by atoms with van der Waals surface area (Å²) in [6, 6.07) is 8.68. The summed E-state index contributed by atoms with van der Waals surface area (Å²) in [5.74, 6) is 0.706. The zero-order chi connectivity index (χ0) is 23.2. The number of pyridine rings is 1. The number of carbonyl (C=O) groups is 1. The van der Waals surface area contributed by atoms with Crippen LogP contribution in [0.25, 0.3) is 22.2 Å². The van der Waals surface area contributed by atoms with Gasteiger partial charge in [-0.1, -0.05) is 6.07 Å². The fraction of sp³-hybridized carbons (Fsp3) is 0.280. The van der Waals surface area contributed by atoms with Gasteiger partial charge in [0.05, 0.1) is 35.0 Å². The molecule has 2 N–H and O–H groups in total. The van der Waals surface area contributed by atoms with Gasteiger partial charge in [0.25, 0.3) is 5.91 Å². The van der Waals surface area contributed by atoms with Gasteiger partial charge in [-0.05, 0) is 50.3 Å². The Morgan fingerprint density at radius 1 is 1.24 bits per heavy atom. The van der Waals surface area contributed by atoms with Crippen LogP contribution < -0.4 is 5.73 Å². The smallest absolute Gasteiger partial charge is 0.257 e. The van der Waals surface area contributed by atoms with E-state index >= 15 is 4.39 Å². The van der Waals surface area contributed by atoms with E-state index in [4.69, 9.17) is 5.73 Å². The molecule has 3 fully saturated rings. The molecule has 2 bridgehead atoms. The number of nitrogens with zero attached hydrogens (tertiary/aromatic N) is 6. The number of amides is 1. The van der Waals surface area contributed by atoms with Gasteiger partial charge < -0.3 is 15.0 Å². The Balaban J connectivity index is 1.35. The van der Waals surface area contributed by atoms with Crippen molar-refractivity contribution in [1.29, 1.82) is 0 Å². The van der Waals surface area contributed by atoms with E-state index < -0.39 is 5.82 Å². The molecule has 34 heavy (non-hydrogen) atoms. The third-order valence-corrected chi connectivity index (χ3v) is 7.53. The summed E-state index contributed by atoms with van der Waals surface area (Å²) in [7, 11) is 0. The van der Waals surface area contributed by atoms with Gasteiger partial charge >= 0.3 is 0 Å². The summed E-state index contributed by atoms with van der Waals surface area (Å²) in [5.41, 5.74) is 9.11. The van der Waals surface area contributed by atoms with Crippen LogP contribution in [0.2, 0.25) is 0 Å². The predicted molar refractivity (Wildman–Crippen MR) is 125 cm³/mol. The average Bonchev–Trinajstić information content (AvgIpc) is 3.34. The van der Waals surface area contributed by atoms with Crippen molar-refractivity contribution in [3.8, 4) is 0 Å². The summed E-state index contributed by atoms with van der Waals surface area (Å²) in [4.78, 5) is 29.1. The Morgan fingerprint density at radius 2 is 2.06 bits per heavy atom. The quantitative estimate of drug-likeness (QED) is 0.445. The highest BCUT2D eigenvalue weighted by molar-refractivity contribution is 5.99. The van der Waals surface area contributed by atoms with E-state index in [0.29, 0.717) is 34.8 Å². The first kappa shape index (κ1) is 19.5. The molecule has 8 rings (SSSR count). The van der Waals surface area contributed by atoms with E-state index in [9.17, 15) is 4.79 Å². The lowest BCUT2D eigenvalue weighted by molar-refractivity contribution is -0.127. The number of aromatic nitrogens is 5. The second kappa shape index (κ2) is 6.53. The molecule has 8 nitrogen and oxygen atoms in total. The molecule has 0 spiro atoms. The highest BCUT2D eigenvalue weighted by Crippen LogP contribution is 2.61. The van der Waals surface area contributed by atoms with Gasteiger partial charge in [-0.25, -0.2) is 19.3 Å². The highest BCUT2D eigenvalue weighted by Gasteiger charge is 2.61. The highest BCUT2D eigenvalue weighted by atomic mass is 19.1. The number of rotatable bonds is 4. The number of aryl methyl sites for hydroxylation is 1. The van der Waals surface area contributed by atoms with Gasteiger partial charge in [-0.15, -0.1) is 0 Å². The van der Waals surface area contributed by atoms with E-state index in [1.165, 1.54) is 6.07 Å². The van der Waals surface area contributed by atoms with Gasteiger partial charge in [-0.2, -0.15) is 0 Å². The number of nitrogens with two attached hydrogens (primary N) is 1. The minimum Gasteiger partial charge on any atom is -0.382 e. The van der Waals surface area contributed by atoms with Crippen LogP contribution in [0.5, 0.6) is 0 Å². The van der Waals surface area contributed by atoms with Crippen LogP contribution in [0.1, 0.15) is 41.1 Å². The predicted octanol–water partition coefficient (Wildman–Crippen LogP) is 3.75. The molecule has 0 radical (unpaired) electrons. The summed E-state index contributed by atoms with van der Waals surface area (Å²) in [5, 5.41) is 0. The molecule has 1 aromatic carbocycles. The molecule has 4 aromatic heterocycles. The summed E-state index contributed by atoms with van der Waals surface area (Å²) >= 11 is 0. The molecule has 3 aliphatic carbocycles. The number of imidazole rings is 2. The van der Waals surface area contributed by atoms with Crippen LogP contribution in [-0.2, 0) is 6.54 Å². The number of benzene rings is 1. The molecular formula is C25H22FN7O. The van der Waals surface area contributed by atoms with Crippen LogP contribution in [0.4, 0.5) is 10.2 Å². The summed E-state index contributed by atoms with van der Waals surface area (Å²) < 4.78 is 19.1. The maximum absolute atomic E-state index is 15.3. The first-order valence-corrected chi connectivity index (χ1v) is 11.4. The Kier molecular flexibility index (Phi) is 3.74. The molecule has 4 heterocycles. The zero-order valence-corrected chi connectivity index (χ0v) is 18.6. The molecule has 170 valence electrons. The van der Waals surface area contributed by atoms with Gasteiger partial charge in [0.2, 0.25) is 0 Å². The lowest BCUT2D eigenvalue weighted by atomic mass is 9.49. The lowest BCUT2D eigenvalue weighted by Crippen LogP contribution is -2.69. The molecule has 1 amide bonds. The van der Waals surface area contributed by atoms with Crippen LogP contribution in [-0.4, -0.2) is 40.1 Å². The fourth-order valence-corrected chi connectivity index (χ4v) is 5.69. The Hall–Kier alpha value is -4.01. The summed E-state index contributed by atoms with van der Waals surface area (Å²) in [6.45, 7) is 2.18. The molecule has 0 saturated heterocycles. The number of fused-ring (bicyclic) bond motifs is 4. The van der Waals surface area contributed by atoms with Crippen molar-refractivity contribution >= 4 is 33.9 Å². The second-order valence-corrected chi connectivity index (χ2v) is 9.64. The SMILES string of the molecule is Cc1ncc2c(N)nc3cc(F)c(C(=O)N(Cc4cn5ccccc5n4)C45CC(C4)C5)cc3n12. The summed E-state index contributed by atoms with van der Waals surface area (Å²) in [6.07, 6.45) is 8.39. The van der Waals surface area contributed by atoms with Crippen LogP contribution in [0.3, 0.4) is 0 Å². The second-order valence-electron chi connectivity index (χ2n) is 9.64. The van der Waals surface area contributed by atoms with Crippen molar-refractivity contribution in [1.82, 2.24) is 28.7 Å². The Bertz CT molecular complexity index is 1600. The molecular weight excluding hydrogens is 433 g/mol. The molecule has 0 unspecified atom stereocenters. The van der Waals surface area contributed by atoms with Crippen molar-refractivity contribution in [2.45, 2.75) is 38.3 Å². The Labute approximate surface area is 193 Å². The third kappa shape index (κ3) is 2.57. The van der Waals surface area contributed by atoms with Crippen LogP contribution >= 0.6 is 0 Å². The standard InChI is InChI=1S/C25H22FN7O/c1-14-28-11-21-23(27)30-19-7-18(26)17(6-20(19)33(14)21)24(34)32(25-8-15(9-25)10-25)13-16-12-31-5-3-2-4-22(31)29-16/h2-7,11-12,15H,8-10,13H2,1H3,(H2,27,30). The van der Waals surface area contributed by atoms with Crippen molar-refractivity contribution in [3.05, 3.63) is 71.8 Å². The van der Waals surface area contributed by atoms with Crippen molar-refractivity contribution in [3.63, 3.8) is 0 Å². The largest absolute Gasteiger partial charge is 0.382 e. The fourth-order valence-electron chi connectivity index (χ4n) is 5.69. The molecule has 5 aromatic rings. The van der Waals surface area contributed by atoms with E-state index in [0.717, 1.165) is 30.6 Å². The monoisotopic (exact) mass is 455 g/mol. The van der Waals surface area contributed by atoms with Gasteiger partial charge in [0, 0.05) is 24.0 Å². The first-order valence-electron chi connectivity index (χ1n) is 11.4. The van der Waals surface area contributed by atoms with E-state index in [-0.39, 0.29) is 22.8 Å².